The van der Waals surface area contributed by atoms with Crippen LogP contribution in [0.4, 0.5) is 0 Å². The summed E-state index contributed by atoms with van der Waals surface area (Å²) in [6.07, 6.45) is 2.22. The van der Waals surface area contributed by atoms with Crippen LogP contribution in [-0.2, 0) is 0 Å². The van der Waals surface area contributed by atoms with Crippen LogP contribution in [0.3, 0.4) is 0 Å². The summed E-state index contributed by atoms with van der Waals surface area (Å²) in [7, 11) is 0. The molecule has 92 valence electrons. The van der Waals surface area contributed by atoms with Crippen LogP contribution in [0, 0.1) is 6.92 Å². The fourth-order valence-electron chi connectivity index (χ4n) is 2.27. The first-order chi connectivity index (χ1) is 8.01. The van der Waals surface area contributed by atoms with Crippen molar-refractivity contribution >= 4 is 21.7 Å². The molecule has 0 amide bonds. The second-order valence-electron chi connectivity index (χ2n) is 4.69. The predicted octanol–water partition coefficient (Wildman–Crippen LogP) is 4.28. The summed E-state index contributed by atoms with van der Waals surface area (Å²) in [5.74, 6) is 0.924. The molecule has 1 heterocycles. The van der Waals surface area contributed by atoms with E-state index in [4.69, 9.17) is 4.74 Å². The molecule has 3 heteroatoms. The third kappa shape index (κ3) is 2.13. The van der Waals surface area contributed by atoms with Crippen molar-refractivity contribution < 1.29 is 9.53 Å². The van der Waals surface area contributed by atoms with Gasteiger partial charge in [-0.2, -0.15) is 0 Å². The van der Waals surface area contributed by atoms with Gasteiger partial charge in [0.05, 0.1) is 12.0 Å². The average molecular weight is 297 g/mol. The van der Waals surface area contributed by atoms with E-state index in [-0.39, 0.29) is 11.4 Å². The molecule has 1 aliphatic heterocycles. The zero-order valence-corrected chi connectivity index (χ0v) is 12.1. The lowest BCUT2D eigenvalue weighted by Gasteiger charge is -2.36. The summed E-state index contributed by atoms with van der Waals surface area (Å²) in [5, 5.41) is 0. The van der Waals surface area contributed by atoms with Gasteiger partial charge >= 0.3 is 0 Å². The topological polar surface area (TPSA) is 26.3 Å². The molecule has 2 rings (SSSR count). The Morgan fingerprint density at radius 3 is 2.59 bits per heavy atom. The number of ether oxygens (including phenoxy) is 1. The first kappa shape index (κ1) is 12.6. The normalized spacial score (nSPS) is 17.5. The van der Waals surface area contributed by atoms with E-state index in [9.17, 15) is 4.79 Å². The zero-order chi connectivity index (χ0) is 12.6. The first-order valence-electron chi connectivity index (χ1n) is 6.03. The Balaban J connectivity index is 2.49. The van der Waals surface area contributed by atoms with Gasteiger partial charge in [-0.3, -0.25) is 4.79 Å². The van der Waals surface area contributed by atoms with Crippen molar-refractivity contribution in [1.29, 1.82) is 0 Å². The summed E-state index contributed by atoms with van der Waals surface area (Å²) < 4.78 is 7.07. The number of carbonyl (C=O) groups excluding carboxylic acids is 1. The number of aryl methyl sites for hydroxylation is 1. The van der Waals surface area contributed by atoms with E-state index >= 15 is 0 Å². The third-order valence-electron chi connectivity index (χ3n) is 3.66. The molecule has 0 bridgehead atoms. The fourth-order valence-corrected chi connectivity index (χ4v) is 2.59. The first-order valence-corrected chi connectivity index (χ1v) is 6.83. The Morgan fingerprint density at radius 2 is 2.00 bits per heavy atom. The highest BCUT2D eigenvalue weighted by Gasteiger charge is 2.37. The van der Waals surface area contributed by atoms with E-state index in [0.29, 0.717) is 6.42 Å². The number of halogens is 1. The minimum absolute atomic E-state index is 0.200. The van der Waals surface area contributed by atoms with Crippen molar-refractivity contribution in [3.63, 3.8) is 0 Å². The minimum atomic E-state index is -0.307. The summed E-state index contributed by atoms with van der Waals surface area (Å²) in [6.45, 7) is 6.13. The second-order valence-corrected chi connectivity index (χ2v) is 5.54. The molecule has 0 unspecified atom stereocenters. The number of Topliss-reactive ketones (excluding diaryl/α,β-unsaturated/α-hetero) is 1. The van der Waals surface area contributed by atoms with E-state index in [2.05, 4.69) is 29.8 Å². The van der Waals surface area contributed by atoms with Crippen LogP contribution in [-0.4, -0.2) is 11.4 Å². The summed E-state index contributed by atoms with van der Waals surface area (Å²) in [4.78, 5) is 12.2. The van der Waals surface area contributed by atoms with Crippen LogP contribution in [0.25, 0.3) is 0 Å². The highest BCUT2D eigenvalue weighted by molar-refractivity contribution is 9.10. The van der Waals surface area contributed by atoms with Gasteiger partial charge < -0.3 is 4.74 Å². The lowest BCUT2D eigenvalue weighted by atomic mass is 9.85. The van der Waals surface area contributed by atoms with Gasteiger partial charge in [-0.15, -0.1) is 0 Å². The Kier molecular flexibility index (Phi) is 3.30. The Labute approximate surface area is 110 Å². The molecule has 0 radical (unpaired) electrons. The maximum Gasteiger partial charge on any atom is 0.170 e. The maximum absolute atomic E-state index is 12.2. The number of benzene rings is 1. The average Bonchev–Trinajstić information content (AvgIpc) is 2.31. The molecular formula is C14H17BrO2. The van der Waals surface area contributed by atoms with Gasteiger partial charge in [0.25, 0.3) is 0 Å². The Morgan fingerprint density at radius 1 is 1.35 bits per heavy atom. The summed E-state index contributed by atoms with van der Waals surface area (Å²) in [5.41, 5.74) is 1.49. The van der Waals surface area contributed by atoms with Crippen molar-refractivity contribution in [2.24, 2.45) is 0 Å². The molecule has 0 saturated carbocycles. The zero-order valence-electron chi connectivity index (χ0n) is 10.5. The van der Waals surface area contributed by atoms with Crippen molar-refractivity contribution in [2.75, 3.05) is 0 Å². The van der Waals surface area contributed by atoms with E-state index in [1.54, 1.807) is 0 Å². The van der Waals surface area contributed by atoms with Gasteiger partial charge in [-0.25, -0.2) is 0 Å². The van der Waals surface area contributed by atoms with E-state index < -0.39 is 0 Å². The molecule has 1 aromatic rings. The van der Waals surface area contributed by atoms with Crippen LogP contribution in [0.2, 0.25) is 0 Å². The third-order valence-corrected chi connectivity index (χ3v) is 4.51. The molecule has 1 aromatic carbocycles. The van der Waals surface area contributed by atoms with E-state index in [1.165, 1.54) is 0 Å². The van der Waals surface area contributed by atoms with Gasteiger partial charge in [-0.05, 0) is 37.5 Å². The van der Waals surface area contributed by atoms with Crippen molar-refractivity contribution in [1.82, 2.24) is 0 Å². The van der Waals surface area contributed by atoms with Crippen LogP contribution in [0.5, 0.6) is 5.75 Å². The molecule has 17 heavy (non-hydrogen) atoms. The van der Waals surface area contributed by atoms with Crippen molar-refractivity contribution in [3.8, 4) is 5.75 Å². The Bertz CT molecular complexity index is 462. The van der Waals surface area contributed by atoms with Gasteiger partial charge in [0, 0.05) is 4.47 Å². The van der Waals surface area contributed by atoms with Crippen LogP contribution >= 0.6 is 15.9 Å². The maximum atomic E-state index is 12.2. The lowest BCUT2D eigenvalue weighted by molar-refractivity contribution is 0.0349. The van der Waals surface area contributed by atoms with Gasteiger partial charge in [0.1, 0.15) is 11.4 Å². The van der Waals surface area contributed by atoms with Crippen LogP contribution in [0.1, 0.15) is 49.0 Å². The number of hydrogen-bond acceptors (Lipinski definition) is 2. The predicted molar refractivity (Wildman–Crippen MR) is 71.8 cm³/mol. The van der Waals surface area contributed by atoms with Crippen molar-refractivity contribution in [3.05, 3.63) is 27.7 Å². The quantitative estimate of drug-likeness (QED) is 0.814. The number of hydrogen-bond donors (Lipinski definition) is 0. The number of rotatable bonds is 2. The Hall–Kier alpha value is -0.830. The highest BCUT2D eigenvalue weighted by Crippen LogP contribution is 2.39. The smallest absolute Gasteiger partial charge is 0.170 e. The molecule has 0 N–H and O–H groups in total. The minimum Gasteiger partial charge on any atom is -0.486 e. The standard InChI is InChI=1S/C14H17BrO2/c1-4-14(5-2)8-12(16)10-6-9(3)11(15)7-13(10)17-14/h6-7H,4-5,8H2,1-3H3. The highest BCUT2D eigenvalue weighted by atomic mass is 79.9. The number of carbonyl (C=O) groups is 1. The monoisotopic (exact) mass is 296 g/mol. The van der Waals surface area contributed by atoms with Gasteiger partial charge in [-0.1, -0.05) is 29.8 Å². The molecule has 0 fully saturated rings. The molecule has 0 aromatic heterocycles. The fraction of sp³-hybridized carbons (Fsp3) is 0.500. The molecule has 0 saturated heterocycles. The largest absolute Gasteiger partial charge is 0.486 e. The molecular weight excluding hydrogens is 280 g/mol. The van der Waals surface area contributed by atoms with Gasteiger partial charge in [0.15, 0.2) is 5.78 Å². The van der Waals surface area contributed by atoms with Crippen LogP contribution in [0.15, 0.2) is 16.6 Å². The molecule has 0 atom stereocenters. The van der Waals surface area contributed by atoms with Gasteiger partial charge in [0.2, 0.25) is 0 Å². The van der Waals surface area contributed by atoms with E-state index in [0.717, 1.165) is 34.2 Å². The molecule has 0 aliphatic carbocycles. The molecule has 0 spiro atoms. The van der Waals surface area contributed by atoms with Crippen molar-refractivity contribution in [2.45, 2.75) is 45.6 Å². The SMILES string of the molecule is CCC1(CC)CC(=O)c2cc(C)c(Br)cc2O1. The summed E-state index contributed by atoms with van der Waals surface area (Å²) >= 11 is 3.48. The van der Waals surface area contributed by atoms with E-state index in [1.807, 2.05) is 19.1 Å². The van der Waals surface area contributed by atoms with Crippen LogP contribution < -0.4 is 4.74 Å². The lowest BCUT2D eigenvalue weighted by Crippen LogP contribution is -2.40. The summed E-state index contributed by atoms with van der Waals surface area (Å²) in [6, 6.07) is 3.83. The second kappa shape index (κ2) is 4.45. The number of ketones is 1. The molecule has 2 nitrogen and oxygen atoms in total. The molecule has 1 aliphatic rings. The number of fused-ring (bicyclic) bond motifs is 1.